The van der Waals surface area contributed by atoms with Gasteiger partial charge < -0.3 is 15.5 Å². The highest BCUT2D eigenvalue weighted by atomic mass is 16.3. The molecule has 2 rings (SSSR count). The van der Waals surface area contributed by atoms with Crippen molar-refractivity contribution in [2.24, 2.45) is 4.99 Å². The normalized spacial score (nSPS) is 12.3. The van der Waals surface area contributed by atoms with E-state index in [0.717, 1.165) is 16.7 Å². The van der Waals surface area contributed by atoms with Crippen LogP contribution in [0.15, 0.2) is 41.4 Å². The lowest BCUT2D eigenvalue weighted by Gasteiger charge is -2.28. The molecule has 0 saturated heterocycles. The molecule has 0 heterocycles. The first-order valence-corrected chi connectivity index (χ1v) is 10.8. The first-order valence-electron chi connectivity index (χ1n) is 10.8. The Balaban J connectivity index is 1.94. The molecule has 0 unspecified atom stereocenters. The first kappa shape index (κ1) is 24.4. The van der Waals surface area contributed by atoms with Crippen LogP contribution in [0.1, 0.15) is 70.2 Å². The Morgan fingerprint density at radius 2 is 1.58 bits per heavy atom. The zero-order chi connectivity index (χ0) is 23.2. The molecule has 0 spiro atoms. The second-order valence-electron chi connectivity index (χ2n) is 9.98. The van der Waals surface area contributed by atoms with E-state index in [1.54, 1.807) is 24.4 Å². The third-order valence-electron chi connectivity index (χ3n) is 5.16. The maximum absolute atomic E-state index is 12.3. The summed E-state index contributed by atoms with van der Waals surface area (Å²) in [5.41, 5.74) is 3.16. The molecule has 0 aliphatic heterocycles. The van der Waals surface area contributed by atoms with E-state index >= 15 is 0 Å². The number of aromatic hydroxyl groups is 2. The molecule has 0 aliphatic rings. The molecule has 0 atom stereocenters. The Hall–Kier alpha value is -2.82. The van der Waals surface area contributed by atoms with Gasteiger partial charge in [-0.05, 0) is 46.1 Å². The van der Waals surface area contributed by atoms with Gasteiger partial charge in [0, 0.05) is 24.7 Å². The number of rotatable bonds is 7. The van der Waals surface area contributed by atoms with Crippen LogP contribution in [0.2, 0.25) is 0 Å². The van der Waals surface area contributed by atoms with Gasteiger partial charge >= 0.3 is 0 Å². The summed E-state index contributed by atoms with van der Waals surface area (Å²) < 4.78 is 0. The molecular weight excluding hydrogens is 388 g/mol. The zero-order valence-corrected chi connectivity index (χ0v) is 19.6. The number of amides is 1. The molecule has 5 heteroatoms. The third kappa shape index (κ3) is 7.12. The molecule has 3 N–H and O–H groups in total. The Morgan fingerprint density at radius 1 is 1.00 bits per heavy atom. The van der Waals surface area contributed by atoms with E-state index in [1.165, 1.54) is 0 Å². The molecule has 168 valence electrons. The Kier molecular flexibility index (Phi) is 7.88. The molecule has 0 aromatic heterocycles. The number of nitrogens with zero attached hydrogens (tertiary/aromatic N) is 1. The summed E-state index contributed by atoms with van der Waals surface area (Å²) in [6.45, 7) is 13.4. The number of hydrogen-bond acceptors (Lipinski definition) is 4. The maximum Gasteiger partial charge on any atom is 0.220 e. The van der Waals surface area contributed by atoms with Crippen LogP contribution in [-0.2, 0) is 22.0 Å². The first-order chi connectivity index (χ1) is 14.4. The maximum atomic E-state index is 12.3. The number of benzene rings is 2. The second-order valence-corrected chi connectivity index (χ2v) is 9.98. The van der Waals surface area contributed by atoms with Crippen LogP contribution in [-0.4, -0.2) is 35.4 Å². The third-order valence-corrected chi connectivity index (χ3v) is 5.16. The van der Waals surface area contributed by atoms with Crippen molar-refractivity contribution >= 4 is 12.1 Å². The van der Waals surface area contributed by atoms with E-state index in [9.17, 15) is 15.0 Å². The fourth-order valence-electron chi connectivity index (χ4n) is 3.35. The fourth-order valence-corrected chi connectivity index (χ4v) is 3.35. The summed E-state index contributed by atoms with van der Waals surface area (Å²) in [7, 11) is 0. The van der Waals surface area contributed by atoms with Crippen LogP contribution in [0, 0.1) is 0 Å². The predicted molar refractivity (Wildman–Crippen MR) is 127 cm³/mol. The molecule has 1 amide bonds. The molecule has 5 nitrogen and oxygen atoms in total. The largest absolute Gasteiger partial charge is 0.507 e. The Morgan fingerprint density at radius 3 is 2.13 bits per heavy atom. The minimum absolute atomic E-state index is 0.0274. The number of phenolic OH excluding ortho intramolecular Hbond substituents is 2. The average molecular weight is 425 g/mol. The summed E-state index contributed by atoms with van der Waals surface area (Å²) in [6, 6.07) is 11.0. The van der Waals surface area contributed by atoms with Crippen LogP contribution < -0.4 is 5.32 Å². The van der Waals surface area contributed by atoms with Gasteiger partial charge in [0.25, 0.3) is 0 Å². The van der Waals surface area contributed by atoms with Gasteiger partial charge in [0.15, 0.2) is 0 Å². The van der Waals surface area contributed by atoms with Crippen molar-refractivity contribution in [3.8, 4) is 11.5 Å². The molecule has 0 fully saturated rings. The molecule has 2 aromatic rings. The Labute approximate surface area is 186 Å². The molecule has 0 aliphatic carbocycles. The quantitative estimate of drug-likeness (QED) is 0.438. The van der Waals surface area contributed by atoms with E-state index in [2.05, 4.69) is 51.9 Å². The lowest BCUT2D eigenvalue weighted by atomic mass is 9.78. The smallest absolute Gasteiger partial charge is 0.220 e. The number of aliphatic imine (C=N–C) groups is 1. The van der Waals surface area contributed by atoms with Crippen molar-refractivity contribution in [1.82, 2.24) is 5.32 Å². The van der Waals surface area contributed by atoms with Gasteiger partial charge in [-0.15, -0.1) is 0 Å². The fraction of sp³-hybridized carbons (Fsp3) is 0.462. The highest BCUT2D eigenvalue weighted by Crippen LogP contribution is 2.39. The van der Waals surface area contributed by atoms with Gasteiger partial charge in [0.05, 0.1) is 6.54 Å². The number of aryl methyl sites for hydroxylation is 1. The van der Waals surface area contributed by atoms with E-state index in [-0.39, 0.29) is 22.5 Å². The number of carbonyl (C=O) groups excluding carboxylic acids is 1. The highest BCUT2D eigenvalue weighted by molar-refractivity contribution is 5.83. The predicted octanol–water partition coefficient (Wildman–Crippen LogP) is 4.86. The SMILES string of the molecule is CC(C)(C)c1cc(CCC(=O)NCCN=Cc2ccccc2O)cc(C(C)(C)C)c1O. The summed E-state index contributed by atoms with van der Waals surface area (Å²) in [5, 5.41) is 23.4. The van der Waals surface area contributed by atoms with Gasteiger partial charge in [-0.1, -0.05) is 65.8 Å². The average Bonchev–Trinajstić information content (AvgIpc) is 2.66. The lowest BCUT2D eigenvalue weighted by Crippen LogP contribution is -2.26. The van der Waals surface area contributed by atoms with E-state index in [0.29, 0.717) is 37.2 Å². The number of carbonyl (C=O) groups is 1. The van der Waals surface area contributed by atoms with Gasteiger partial charge in [-0.3, -0.25) is 9.79 Å². The zero-order valence-electron chi connectivity index (χ0n) is 19.6. The molecule has 0 bridgehead atoms. The molecule has 0 radical (unpaired) electrons. The van der Waals surface area contributed by atoms with E-state index in [4.69, 9.17) is 0 Å². The number of para-hydroxylation sites is 1. The molecule has 31 heavy (non-hydrogen) atoms. The number of phenols is 2. The molecular formula is C26H36N2O3. The number of nitrogens with one attached hydrogen (secondary N) is 1. The Bertz CT molecular complexity index is 899. The van der Waals surface area contributed by atoms with Crippen molar-refractivity contribution in [2.75, 3.05) is 13.1 Å². The minimum Gasteiger partial charge on any atom is -0.507 e. The monoisotopic (exact) mass is 424 g/mol. The van der Waals surface area contributed by atoms with Gasteiger partial charge in [0.1, 0.15) is 11.5 Å². The minimum atomic E-state index is -0.187. The highest BCUT2D eigenvalue weighted by Gasteiger charge is 2.26. The van der Waals surface area contributed by atoms with Crippen LogP contribution in [0.25, 0.3) is 0 Å². The van der Waals surface area contributed by atoms with E-state index in [1.807, 2.05) is 18.2 Å². The van der Waals surface area contributed by atoms with Crippen molar-refractivity contribution in [3.05, 3.63) is 58.7 Å². The van der Waals surface area contributed by atoms with Crippen molar-refractivity contribution in [1.29, 1.82) is 0 Å². The van der Waals surface area contributed by atoms with Gasteiger partial charge in [-0.2, -0.15) is 0 Å². The topological polar surface area (TPSA) is 81.9 Å². The summed E-state index contributed by atoms with van der Waals surface area (Å²) in [6.07, 6.45) is 2.60. The van der Waals surface area contributed by atoms with Crippen LogP contribution >= 0.6 is 0 Å². The standard InChI is InChI=1S/C26H36N2O3/c1-25(2,3)20-15-18(16-21(24(20)31)26(4,5)6)11-12-23(30)28-14-13-27-17-19-9-7-8-10-22(19)29/h7-10,15-17,29,31H,11-14H2,1-6H3,(H,28,30). The number of hydrogen-bond donors (Lipinski definition) is 3. The van der Waals surface area contributed by atoms with E-state index < -0.39 is 0 Å². The van der Waals surface area contributed by atoms with Crippen LogP contribution in [0.5, 0.6) is 11.5 Å². The molecule has 2 aromatic carbocycles. The van der Waals surface area contributed by atoms with Crippen LogP contribution in [0.4, 0.5) is 0 Å². The van der Waals surface area contributed by atoms with Crippen molar-refractivity contribution < 1.29 is 15.0 Å². The second kappa shape index (κ2) is 9.99. The summed E-state index contributed by atoms with van der Waals surface area (Å²) in [5.74, 6) is 0.518. The van der Waals surface area contributed by atoms with Gasteiger partial charge in [0.2, 0.25) is 5.91 Å². The van der Waals surface area contributed by atoms with Crippen molar-refractivity contribution in [2.45, 2.75) is 65.2 Å². The molecule has 0 saturated carbocycles. The van der Waals surface area contributed by atoms with Gasteiger partial charge in [-0.25, -0.2) is 0 Å². The lowest BCUT2D eigenvalue weighted by molar-refractivity contribution is -0.120. The van der Waals surface area contributed by atoms with Crippen LogP contribution in [0.3, 0.4) is 0 Å². The summed E-state index contributed by atoms with van der Waals surface area (Å²) in [4.78, 5) is 16.5. The summed E-state index contributed by atoms with van der Waals surface area (Å²) >= 11 is 0. The van der Waals surface area contributed by atoms with Crippen molar-refractivity contribution in [3.63, 3.8) is 0 Å².